The van der Waals surface area contributed by atoms with E-state index in [0.717, 1.165) is 17.7 Å². The molecule has 3 nitrogen and oxygen atoms in total. The molecule has 0 bridgehead atoms. The van der Waals surface area contributed by atoms with Gasteiger partial charge in [-0.25, -0.2) is 9.69 Å². The highest BCUT2D eigenvalue weighted by Crippen LogP contribution is 1.93. The van der Waals surface area contributed by atoms with Crippen LogP contribution in [0.4, 0.5) is 4.79 Å². The Kier molecular flexibility index (Phi) is 5.01. The van der Waals surface area contributed by atoms with Crippen molar-refractivity contribution in [2.45, 2.75) is 26.7 Å². The average molecular weight is 155 g/mol. The number of nitrogens with zero attached hydrogens (tertiary/aromatic N) is 1. The Morgan fingerprint density at radius 1 is 1.64 bits per heavy atom. The van der Waals surface area contributed by atoms with Crippen molar-refractivity contribution in [3.8, 4) is 12.0 Å². The van der Waals surface area contributed by atoms with Crippen molar-refractivity contribution in [3.05, 3.63) is 0 Å². The van der Waals surface area contributed by atoms with Crippen LogP contribution in [0, 0.1) is 12.0 Å². The van der Waals surface area contributed by atoms with Crippen LogP contribution in [-0.4, -0.2) is 22.6 Å². The number of unbranched alkanes of at least 4 members (excludes halogenated alkanes) is 1. The van der Waals surface area contributed by atoms with Crippen LogP contribution in [0.2, 0.25) is 0 Å². The minimum absolute atomic E-state index is 0.507. The van der Waals surface area contributed by atoms with Gasteiger partial charge in [0.25, 0.3) is 0 Å². The van der Waals surface area contributed by atoms with Crippen molar-refractivity contribution in [1.29, 1.82) is 0 Å². The van der Waals surface area contributed by atoms with E-state index in [2.05, 4.69) is 12.0 Å². The molecule has 0 saturated carbocycles. The van der Waals surface area contributed by atoms with Crippen molar-refractivity contribution >= 4 is 6.09 Å². The molecule has 0 aromatic carbocycles. The summed E-state index contributed by atoms with van der Waals surface area (Å²) >= 11 is 0. The van der Waals surface area contributed by atoms with Crippen LogP contribution in [-0.2, 0) is 0 Å². The summed E-state index contributed by atoms with van der Waals surface area (Å²) in [5, 5.41) is 8.55. The van der Waals surface area contributed by atoms with Gasteiger partial charge in [0.1, 0.15) is 0 Å². The molecule has 0 saturated heterocycles. The van der Waals surface area contributed by atoms with Gasteiger partial charge in [0, 0.05) is 12.6 Å². The third-order valence-corrected chi connectivity index (χ3v) is 1.21. The van der Waals surface area contributed by atoms with Gasteiger partial charge >= 0.3 is 6.09 Å². The lowest BCUT2D eigenvalue weighted by Gasteiger charge is -2.09. The highest BCUT2D eigenvalue weighted by molar-refractivity contribution is 5.67. The number of rotatable bonds is 3. The summed E-state index contributed by atoms with van der Waals surface area (Å²) in [5.74, 6) is 2.55. The van der Waals surface area contributed by atoms with Crippen LogP contribution >= 0.6 is 0 Å². The zero-order valence-electron chi connectivity index (χ0n) is 6.92. The second-order valence-electron chi connectivity index (χ2n) is 2.15. The van der Waals surface area contributed by atoms with Crippen molar-refractivity contribution < 1.29 is 9.90 Å². The molecule has 0 spiro atoms. The van der Waals surface area contributed by atoms with Crippen molar-refractivity contribution in [2.75, 3.05) is 6.54 Å². The first-order valence-corrected chi connectivity index (χ1v) is 3.65. The highest BCUT2D eigenvalue weighted by Gasteiger charge is 2.05. The molecule has 0 aliphatic carbocycles. The van der Waals surface area contributed by atoms with E-state index in [9.17, 15) is 4.79 Å². The van der Waals surface area contributed by atoms with E-state index in [0.29, 0.717) is 6.54 Å². The van der Waals surface area contributed by atoms with Gasteiger partial charge in [-0.3, -0.25) is 0 Å². The molecule has 1 amide bonds. The molecule has 0 radical (unpaired) electrons. The molecule has 0 heterocycles. The van der Waals surface area contributed by atoms with E-state index < -0.39 is 6.09 Å². The molecule has 0 unspecified atom stereocenters. The van der Waals surface area contributed by atoms with E-state index in [1.807, 2.05) is 6.92 Å². The van der Waals surface area contributed by atoms with Crippen molar-refractivity contribution in [2.24, 2.45) is 0 Å². The van der Waals surface area contributed by atoms with Gasteiger partial charge in [0.2, 0.25) is 0 Å². The Morgan fingerprint density at radius 2 is 2.27 bits per heavy atom. The van der Waals surface area contributed by atoms with Gasteiger partial charge < -0.3 is 5.11 Å². The maximum absolute atomic E-state index is 10.4. The van der Waals surface area contributed by atoms with Gasteiger partial charge in [-0.15, -0.1) is 0 Å². The Morgan fingerprint density at radius 3 is 2.64 bits per heavy atom. The monoisotopic (exact) mass is 155 g/mol. The lowest BCUT2D eigenvalue weighted by atomic mass is 10.3. The fraction of sp³-hybridized carbons (Fsp3) is 0.625. The van der Waals surface area contributed by atoms with Crippen LogP contribution in [0.5, 0.6) is 0 Å². The van der Waals surface area contributed by atoms with Crippen LogP contribution in [0.25, 0.3) is 0 Å². The standard InChI is InChI=1S/C8H13NO2/c1-3-5-7-9(6-4-2)8(10)11/h3,5,7H2,1-2H3,(H,10,11). The molecule has 62 valence electrons. The molecule has 11 heavy (non-hydrogen) atoms. The van der Waals surface area contributed by atoms with E-state index in [4.69, 9.17) is 5.11 Å². The maximum Gasteiger partial charge on any atom is 0.419 e. The molecule has 3 heteroatoms. The zero-order valence-corrected chi connectivity index (χ0v) is 6.92. The molecule has 0 rings (SSSR count). The zero-order chi connectivity index (χ0) is 8.69. The van der Waals surface area contributed by atoms with Gasteiger partial charge in [0.05, 0.1) is 0 Å². The minimum atomic E-state index is -0.965. The third kappa shape index (κ3) is 4.26. The number of hydrogen-bond acceptors (Lipinski definition) is 1. The van der Waals surface area contributed by atoms with Crippen molar-refractivity contribution in [3.63, 3.8) is 0 Å². The average Bonchev–Trinajstić information content (AvgIpc) is 1.97. The third-order valence-electron chi connectivity index (χ3n) is 1.21. The molecule has 0 aliphatic rings. The summed E-state index contributed by atoms with van der Waals surface area (Å²) in [4.78, 5) is 11.5. The molecule has 0 aromatic rings. The summed E-state index contributed by atoms with van der Waals surface area (Å²) in [6.45, 7) is 4.15. The molecular formula is C8H13NO2. The Bertz CT molecular complexity index is 178. The number of amides is 1. The lowest BCUT2D eigenvalue weighted by Crippen LogP contribution is -2.25. The van der Waals surface area contributed by atoms with Gasteiger partial charge in [-0.1, -0.05) is 19.3 Å². The van der Waals surface area contributed by atoms with Crippen LogP contribution in [0.1, 0.15) is 26.7 Å². The SMILES string of the molecule is CC#CN(CCCC)C(=O)O. The molecular weight excluding hydrogens is 142 g/mol. The number of carboxylic acid groups (broad SMARTS) is 1. The molecule has 0 fully saturated rings. The summed E-state index contributed by atoms with van der Waals surface area (Å²) in [5.41, 5.74) is 0. The highest BCUT2D eigenvalue weighted by atomic mass is 16.4. The topological polar surface area (TPSA) is 40.5 Å². The Balaban J connectivity index is 3.86. The van der Waals surface area contributed by atoms with Crippen molar-refractivity contribution in [1.82, 2.24) is 4.90 Å². The van der Waals surface area contributed by atoms with E-state index >= 15 is 0 Å². The van der Waals surface area contributed by atoms with Gasteiger partial charge in [-0.05, 0) is 13.3 Å². The molecule has 0 atom stereocenters. The van der Waals surface area contributed by atoms with E-state index in [1.165, 1.54) is 0 Å². The first-order chi connectivity index (χ1) is 5.22. The summed E-state index contributed by atoms with van der Waals surface area (Å²) in [6.07, 6.45) is 0.878. The maximum atomic E-state index is 10.4. The predicted molar refractivity (Wildman–Crippen MR) is 43.1 cm³/mol. The fourth-order valence-electron chi connectivity index (χ4n) is 0.651. The van der Waals surface area contributed by atoms with Crippen LogP contribution < -0.4 is 0 Å². The predicted octanol–water partition coefficient (Wildman–Crippen LogP) is 1.75. The molecule has 0 aromatic heterocycles. The molecule has 1 N–H and O–H groups in total. The first kappa shape index (κ1) is 9.83. The second-order valence-corrected chi connectivity index (χ2v) is 2.15. The fourth-order valence-corrected chi connectivity index (χ4v) is 0.651. The largest absolute Gasteiger partial charge is 0.464 e. The summed E-state index contributed by atoms with van der Waals surface area (Å²) < 4.78 is 0. The normalized spacial score (nSPS) is 8.18. The quantitative estimate of drug-likeness (QED) is 0.498. The van der Waals surface area contributed by atoms with E-state index in [-0.39, 0.29) is 0 Å². The first-order valence-electron chi connectivity index (χ1n) is 3.65. The minimum Gasteiger partial charge on any atom is -0.464 e. The number of carbonyl (C=O) groups is 1. The van der Waals surface area contributed by atoms with Gasteiger partial charge in [-0.2, -0.15) is 0 Å². The summed E-state index contributed by atoms with van der Waals surface area (Å²) in [6, 6.07) is 2.50. The van der Waals surface area contributed by atoms with E-state index in [1.54, 1.807) is 6.92 Å². The van der Waals surface area contributed by atoms with Crippen LogP contribution in [0.15, 0.2) is 0 Å². The Hall–Kier alpha value is -1.17. The molecule has 0 aliphatic heterocycles. The van der Waals surface area contributed by atoms with Crippen LogP contribution in [0.3, 0.4) is 0 Å². The summed E-state index contributed by atoms with van der Waals surface area (Å²) in [7, 11) is 0. The Labute approximate surface area is 67.0 Å². The van der Waals surface area contributed by atoms with Gasteiger partial charge in [0.15, 0.2) is 0 Å². The lowest BCUT2D eigenvalue weighted by molar-refractivity contribution is 0.165. The smallest absolute Gasteiger partial charge is 0.419 e. The number of hydrogen-bond donors (Lipinski definition) is 1. The second kappa shape index (κ2) is 5.60.